The molecule has 0 aliphatic carbocycles. The number of nitrogens with two attached hydrogens (primary N) is 1. The molecule has 3 N–H and O–H groups in total. The molecule has 5 heteroatoms. The van der Waals surface area contributed by atoms with Crippen molar-refractivity contribution in [2.45, 2.75) is 19.5 Å². The van der Waals surface area contributed by atoms with Gasteiger partial charge in [0.05, 0.1) is 30.8 Å². The van der Waals surface area contributed by atoms with Gasteiger partial charge in [-0.1, -0.05) is 0 Å². The van der Waals surface area contributed by atoms with Crippen molar-refractivity contribution in [1.82, 2.24) is 14.9 Å². The van der Waals surface area contributed by atoms with Crippen molar-refractivity contribution in [3.63, 3.8) is 0 Å². The zero-order chi connectivity index (χ0) is 9.26. The van der Waals surface area contributed by atoms with E-state index < -0.39 is 0 Å². The highest BCUT2D eigenvalue weighted by Crippen LogP contribution is 2.15. The first kappa shape index (κ1) is 8.10. The minimum absolute atomic E-state index is 0.197. The molecule has 0 saturated carbocycles. The van der Waals surface area contributed by atoms with E-state index in [1.807, 2.05) is 12.5 Å². The number of hydrogen-bond acceptors (Lipinski definition) is 4. The van der Waals surface area contributed by atoms with Gasteiger partial charge < -0.3 is 15.6 Å². The molecule has 0 saturated heterocycles. The third-order valence-corrected chi connectivity index (χ3v) is 2.21. The summed E-state index contributed by atoms with van der Waals surface area (Å²) in [6.07, 6.45) is 3.68. The number of aliphatic imine (C=N–C) groups is 1. The maximum Gasteiger partial charge on any atom is 0.189 e. The maximum atomic E-state index is 5.53. The highest BCUT2D eigenvalue weighted by Gasteiger charge is 2.19. The van der Waals surface area contributed by atoms with E-state index >= 15 is 0 Å². The Labute approximate surface area is 76.7 Å². The van der Waals surface area contributed by atoms with Gasteiger partial charge in [-0.15, -0.1) is 0 Å². The number of imidazole rings is 1. The summed E-state index contributed by atoms with van der Waals surface area (Å²) in [5.74, 6) is 0.522. The summed E-state index contributed by atoms with van der Waals surface area (Å²) in [5.41, 5.74) is 6.68. The zero-order valence-electron chi connectivity index (χ0n) is 7.57. The predicted octanol–water partition coefficient (Wildman–Crippen LogP) is -0.138. The highest BCUT2D eigenvalue weighted by molar-refractivity contribution is 5.80. The summed E-state index contributed by atoms with van der Waals surface area (Å²) in [6, 6.07) is 0.197. The second-order valence-electron chi connectivity index (χ2n) is 3.03. The normalized spacial score (nSPS) is 21.3. The molecule has 0 aromatic carbocycles. The molecule has 0 spiro atoms. The van der Waals surface area contributed by atoms with E-state index in [1.54, 1.807) is 0 Å². The van der Waals surface area contributed by atoms with Gasteiger partial charge in [-0.2, -0.15) is 0 Å². The second-order valence-corrected chi connectivity index (χ2v) is 3.03. The minimum atomic E-state index is 0.197. The lowest BCUT2D eigenvalue weighted by Crippen LogP contribution is -2.30. The Kier molecular flexibility index (Phi) is 1.92. The Balaban J connectivity index is 2.18. The topological polar surface area (TPSA) is 68.2 Å². The fourth-order valence-electron chi connectivity index (χ4n) is 1.51. The number of aromatic nitrogens is 2. The largest absolute Gasteiger partial charge is 0.370 e. The molecule has 1 unspecified atom stereocenters. The van der Waals surface area contributed by atoms with Crippen LogP contribution in [0.5, 0.6) is 0 Å². The summed E-state index contributed by atoms with van der Waals surface area (Å²) in [4.78, 5) is 8.18. The van der Waals surface area contributed by atoms with E-state index in [1.165, 1.54) is 0 Å². The molecule has 0 amide bonds. The molecule has 1 aromatic heterocycles. The van der Waals surface area contributed by atoms with Crippen LogP contribution in [0.2, 0.25) is 0 Å². The molecule has 1 aliphatic heterocycles. The van der Waals surface area contributed by atoms with Crippen LogP contribution in [0.25, 0.3) is 0 Å². The molecule has 0 fully saturated rings. The molecule has 2 heterocycles. The van der Waals surface area contributed by atoms with Gasteiger partial charge in [0.2, 0.25) is 0 Å². The summed E-state index contributed by atoms with van der Waals surface area (Å²) >= 11 is 0. The Hall–Kier alpha value is -1.52. The fourth-order valence-corrected chi connectivity index (χ4v) is 1.51. The number of nitrogens with zero attached hydrogens (tertiary/aromatic N) is 3. The summed E-state index contributed by atoms with van der Waals surface area (Å²) < 4.78 is 2.09. The van der Waals surface area contributed by atoms with Crippen LogP contribution < -0.4 is 11.1 Å². The second kappa shape index (κ2) is 3.08. The van der Waals surface area contributed by atoms with Crippen molar-refractivity contribution in [3.05, 3.63) is 18.2 Å². The van der Waals surface area contributed by atoms with Crippen molar-refractivity contribution in [2.24, 2.45) is 10.7 Å². The lowest BCUT2D eigenvalue weighted by molar-refractivity contribution is 0.612. The van der Waals surface area contributed by atoms with Crippen LogP contribution in [0.15, 0.2) is 17.5 Å². The van der Waals surface area contributed by atoms with Gasteiger partial charge in [0.15, 0.2) is 5.96 Å². The van der Waals surface area contributed by atoms with Crippen LogP contribution >= 0.6 is 0 Å². The van der Waals surface area contributed by atoms with E-state index in [9.17, 15) is 0 Å². The molecule has 1 atom stereocenters. The average molecular weight is 179 g/mol. The van der Waals surface area contributed by atoms with E-state index in [4.69, 9.17) is 5.73 Å². The molecule has 2 rings (SSSR count). The van der Waals surface area contributed by atoms with Gasteiger partial charge in [-0.05, 0) is 6.92 Å². The van der Waals surface area contributed by atoms with E-state index in [0.717, 1.165) is 12.2 Å². The number of aryl methyl sites for hydroxylation is 1. The minimum Gasteiger partial charge on any atom is -0.370 e. The van der Waals surface area contributed by atoms with Crippen LogP contribution in [0.1, 0.15) is 18.7 Å². The van der Waals surface area contributed by atoms with Gasteiger partial charge in [0.25, 0.3) is 0 Å². The Morgan fingerprint density at radius 1 is 1.77 bits per heavy atom. The lowest BCUT2D eigenvalue weighted by Gasteiger charge is -2.12. The molecule has 0 bridgehead atoms. The van der Waals surface area contributed by atoms with Crippen molar-refractivity contribution in [1.29, 1.82) is 0 Å². The van der Waals surface area contributed by atoms with Gasteiger partial charge in [-0.25, -0.2) is 4.98 Å². The predicted molar refractivity (Wildman–Crippen MR) is 50.3 cm³/mol. The third-order valence-electron chi connectivity index (χ3n) is 2.21. The number of hydrogen-bond donors (Lipinski definition) is 2. The van der Waals surface area contributed by atoms with Crippen LogP contribution in [0.4, 0.5) is 0 Å². The monoisotopic (exact) mass is 179 g/mol. The number of rotatable bonds is 2. The average Bonchev–Trinajstić information content (AvgIpc) is 2.71. The first-order chi connectivity index (χ1) is 6.31. The molecule has 1 aromatic rings. The van der Waals surface area contributed by atoms with Crippen molar-refractivity contribution in [3.8, 4) is 0 Å². The smallest absolute Gasteiger partial charge is 0.189 e. The van der Waals surface area contributed by atoms with E-state index in [0.29, 0.717) is 12.5 Å². The molecule has 1 aliphatic rings. The molecule has 0 radical (unpaired) electrons. The third kappa shape index (κ3) is 1.37. The Morgan fingerprint density at radius 2 is 2.62 bits per heavy atom. The maximum absolute atomic E-state index is 5.53. The lowest BCUT2D eigenvalue weighted by atomic mass is 10.2. The zero-order valence-corrected chi connectivity index (χ0v) is 7.57. The van der Waals surface area contributed by atoms with Crippen molar-refractivity contribution < 1.29 is 0 Å². The van der Waals surface area contributed by atoms with Gasteiger partial charge in [-0.3, -0.25) is 4.99 Å². The summed E-state index contributed by atoms with van der Waals surface area (Å²) in [7, 11) is 0. The molecule has 5 nitrogen and oxygen atoms in total. The van der Waals surface area contributed by atoms with Crippen LogP contribution in [-0.4, -0.2) is 22.1 Å². The fraction of sp³-hybridized carbons (Fsp3) is 0.500. The van der Waals surface area contributed by atoms with Gasteiger partial charge in [0.1, 0.15) is 0 Å². The van der Waals surface area contributed by atoms with Gasteiger partial charge in [0, 0.05) is 6.54 Å². The molecule has 70 valence electrons. The number of nitrogens with one attached hydrogen (secondary N) is 1. The van der Waals surface area contributed by atoms with Crippen molar-refractivity contribution in [2.75, 3.05) is 6.54 Å². The van der Waals surface area contributed by atoms with E-state index in [-0.39, 0.29) is 6.04 Å². The molecular weight excluding hydrogens is 166 g/mol. The SMILES string of the molecule is CCn1cncc1C1CN=C(N)N1. The standard InChI is InChI=1S/C8H13N5/c1-2-13-5-10-4-7(13)6-3-11-8(9)12-6/h4-6H,2-3H2,1H3,(H3,9,11,12). The highest BCUT2D eigenvalue weighted by atomic mass is 15.2. The van der Waals surface area contributed by atoms with Crippen LogP contribution in [0, 0.1) is 0 Å². The first-order valence-corrected chi connectivity index (χ1v) is 4.37. The van der Waals surface area contributed by atoms with Crippen LogP contribution in [-0.2, 0) is 6.54 Å². The van der Waals surface area contributed by atoms with Crippen LogP contribution in [0.3, 0.4) is 0 Å². The summed E-state index contributed by atoms with van der Waals surface area (Å²) in [5, 5.41) is 3.10. The summed E-state index contributed by atoms with van der Waals surface area (Å²) in [6.45, 7) is 3.72. The molecule has 13 heavy (non-hydrogen) atoms. The quantitative estimate of drug-likeness (QED) is 0.664. The Morgan fingerprint density at radius 3 is 3.23 bits per heavy atom. The van der Waals surface area contributed by atoms with E-state index in [2.05, 4.69) is 26.8 Å². The van der Waals surface area contributed by atoms with Crippen molar-refractivity contribution >= 4 is 5.96 Å². The first-order valence-electron chi connectivity index (χ1n) is 4.37. The Bertz CT molecular complexity index is 327. The van der Waals surface area contributed by atoms with Gasteiger partial charge >= 0.3 is 0 Å². The molecular formula is C8H13N5. The number of guanidine groups is 1.